The van der Waals surface area contributed by atoms with Crippen LogP contribution in [0, 0.1) is 0 Å². The number of benzene rings is 9. The van der Waals surface area contributed by atoms with E-state index in [4.69, 9.17) is 0 Å². The van der Waals surface area contributed by atoms with Crippen molar-refractivity contribution in [1.82, 2.24) is 0 Å². The lowest BCUT2D eigenvalue weighted by Crippen LogP contribution is -2.75. The number of thiophene rings is 1. The highest BCUT2D eigenvalue weighted by atomic mass is 32.1. The van der Waals surface area contributed by atoms with Gasteiger partial charge >= 0.3 is 0 Å². The van der Waals surface area contributed by atoms with Gasteiger partial charge in [-0.2, -0.15) is 0 Å². The highest BCUT2D eigenvalue weighted by molar-refractivity contribution is 7.26. The highest BCUT2D eigenvalue weighted by Gasteiger charge is 2.49. The third kappa shape index (κ3) is 4.80. The maximum atomic E-state index is 2.51. The van der Waals surface area contributed by atoms with Gasteiger partial charge in [-0.3, -0.25) is 0 Å². The van der Waals surface area contributed by atoms with Crippen molar-refractivity contribution in [2.45, 2.75) is 11.8 Å². The van der Waals surface area contributed by atoms with E-state index in [2.05, 4.69) is 218 Å². The lowest BCUT2D eigenvalue weighted by atomic mass is 9.60. The lowest BCUT2D eigenvalue weighted by molar-refractivity contribution is 0.760. The first-order valence-electron chi connectivity index (χ1n) is 20.3. The molecule has 0 nitrogen and oxygen atoms in total. The topological polar surface area (TPSA) is 0 Å². The third-order valence-electron chi connectivity index (χ3n) is 13.0. The summed E-state index contributed by atoms with van der Waals surface area (Å²) in [4.78, 5) is 0. The van der Waals surface area contributed by atoms with Crippen molar-refractivity contribution in [3.05, 3.63) is 252 Å². The lowest BCUT2D eigenvalue weighted by Gasteiger charge is -2.47. The summed E-state index contributed by atoms with van der Waals surface area (Å²) in [7, 11) is -2.98. The minimum atomic E-state index is -2.98. The SMILES string of the molecule is c1ccc(-c2cccc([Si](c3ccccc3)(c3ccccc3)c3cccc4c3C3c5ccccc5C4c4cccc(-c5cccc6c5sc5ccccc56)c43)c2)cc1. The molecule has 272 valence electrons. The zero-order valence-electron chi connectivity index (χ0n) is 31.8. The fourth-order valence-electron chi connectivity index (χ4n) is 10.7. The van der Waals surface area contributed by atoms with E-state index in [1.54, 1.807) is 0 Å². The highest BCUT2D eigenvalue weighted by Crippen LogP contribution is 2.58. The van der Waals surface area contributed by atoms with Crippen LogP contribution in [0.15, 0.2) is 218 Å². The molecule has 0 saturated carbocycles. The Bertz CT molecular complexity index is 3140. The summed E-state index contributed by atoms with van der Waals surface area (Å²) in [5.74, 6) is 0.210. The summed E-state index contributed by atoms with van der Waals surface area (Å²) < 4.78 is 2.71. The van der Waals surface area contributed by atoms with Crippen molar-refractivity contribution in [2.75, 3.05) is 0 Å². The Morgan fingerprint density at radius 1 is 0.345 bits per heavy atom. The average molecular weight is 771 g/mol. The van der Waals surface area contributed by atoms with E-state index in [0.717, 1.165) is 0 Å². The van der Waals surface area contributed by atoms with Crippen molar-refractivity contribution >= 4 is 60.3 Å². The predicted octanol–water partition coefficient (Wildman–Crippen LogP) is 11.8. The van der Waals surface area contributed by atoms with Crippen LogP contribution in [0.2, 0.25) is 0 Å². The van der Waals surface area contributed by atoms with Crippen LogP contribution in [-0.2, 0) is 0 Å². The Morgan fingerprint density at radius 3 is 1.62 bits per heavy atom. The van der Waals surface area contributed by atoms with Crippen LogP contribution in [0.3, 0.4) is 0 Å². The van der Waals surface area contributed by atoms with Crippen molar-refractivity contribution < 1.29 is 0 Å². The summed E-state index contributed by atoms with van der Waals surface area (Å²) in [5.41, 5.74) is 13.9. The van der Waals surface area contributed by atoms with Gasteiger partial charge in [-0.05, 0) is 82.4 Å². The molecule has 1 aromatic heterocycles. The molecule has 58 heavy (non-hydrogen) atoms. The molecule has 2 bridgehead atoms. The molecule has 2 heteroatoms. The minimum Gasteiger partial charge on any atom is -0.135 e. The van der Waals surface area contributed by atoms with Crippen molar-refractivity contribution in [2.24, 2.45) is 0 Å². The van der Waals surface area contributed by atoms with E-state index in [9.17, 15) is 0 Å². The van der Waals surface area contributed by atoms with Gasteiger partial charge in [-0.15, -0.1) is 11.3 Å². The fraction of sp³-hybridized carbons (Fsp3) is 0.0357. The second kappa shape index (κ2) is 13.2. The maximum absolute atomic E-state index is 2.98. The minimum absolute atomic E-state index is 0.0693. The molecule has 0 aliphatic heterocycles. The number of fused-ring (bicyclic) bond motifs is 3. The summed E-state index contributed by atoms with van der Waals surface area (Å²) in [5, 5.41) is 8.37. The van der Waals surface area contributed by atoms with Crippen LogP contribution in [0.5, 0.6) is 0 Å². The molecular formula is C56H38SSi. The van der Waals surface area contributed by atoms with E-state index >= 15 is 0 Å². The summed E-state index contributed by atoms with van der Waals surface area (Å²) in [6.07, 6.45) is 0. The molecule has 0 spiro atoms. The monoisotopic (exact) mass is 770 g/mol. The van der Waals surface area contributed by atoms with Gasteiger partial charge in [0.2, 0.25) is 0 Å². The Hall–Kier alpha value is -6.58. The molecule has 2 unspecified atom stereocenters. The molecule has 0 radical (unpaired) electrons. The number of hydrogen-bond donors (Lipinski definition) is 0. The molecule has 0 fully saturated rings. The molecule has 9 aromatic carbocycles. The largest absolute Gasteiger partial charge is 0.179 e. The van der Waals surface area contributed by atoms with Gasteiger partial charge in [0.05, 0.1) is 0 Å². The van der Waals surface area contributed by atoms with Crippen LogP contribution in [0.25, 0.3) is 42.4 Å². The molecule has 1 heterocycles. The molecule has 0 amide bonds. The van der Waals surface area contributed by atoms with Crippen LogP contribution >= 0.6 is 11.3 Å². The van der Waals surface area contributed by atoms with Gasteiger partial charge in [-0.25, -0.2) is 0 Å². The van der Waals surface area contributed by atoms with Crippen LogP contribution < -0.4 is 20.7 Å². The summed E-state index contributed by atoms with van der Waals surface area (Å²) in [6, 6.07) is 83.0. The molecule has 3 aliphatic rings. The smallest absolute Gasteiger partial charge is 0.135 e. The third-order valence-corrected chi connectivity index (χ3v) is 19.1. The molecule has 3 aliphatic carbocycles. The second-order valence-electron chi connectivity index (χ2n) is 15.8. The average Bonchev–Trinajstić information content (AvgIpc) is 3.69. The first kappa shape index (κ1) is 33.5. The van der Waals surface area contributed by atoms with Crippen molar-refractivity contribution in [3.63, 3.8) is 0 Å². The Labute approximate surface area is 344 Å². The zero-order chi connectivity index (χ0) is 38.2. The standard InChI is InChI=1S/C56H38SSi/c1-4-18-37(19-5-1)38-20-14-25-41(36-38)58(39-21-6-2-7-22-39,40-23-8-3-9-24-40)51-35-17-33-49-52-43-27-10-11-28-44(43)55(54(49)51)53-45(29-15-32-48(52)53)47-31-16-30-46-42-26-12-13-34-50(42)57-56(46)47/h1-36,52,55H. The van der Waals surface area contributed by atoms with Gasteiger partial charge in [0, 0.05) is 32.0 Å². The van der Waals surface area contributed by atoms with E-state index in [0.29, 0.717) is 0 Å². The zero-order valence-corrected chi connectivity index (χ0v) is 33.7. The Kier molecular flexibility index (Phi) is 7.66. The van der Waals surface area contributed by atoms with Gasteiger partial charge in [0.25, 0.3) is 0 Å². The fourth-order valence-corrected chi connectivity index (χ4v) is 17.0. The van der Waals surface area contributed by atoms with Gasteiger partial charge in [0.15, 0.2) is 8.07 Å². The Morgan fingerprint density at radius 2 is 0.862 bits per heavy atom. The summed E-state index contributed by atoms with van der Waals surface area (Å²) >= 11 is 1.93. The van der Waals surface area contributed by atoms with Crippen LogP contribution in [0.1, 0.15) is 45.2 Å². The molecule has 10 aromatic rings. The van der Waals surface area contributed by atoms with Crippen LogP contribution in [0.4, 0.5) is 0 Å². The van der Waals surface area contributed by atoms with Gasteiger partial charge in [-0.1, -0.05) is 212 Å². The van der Waals surface area contributed by atoms with E-state index in [1.807, 2.05) is 11.3 Å². The number of rotatable bonds is 6. The second-order valence-corrected chi connectivity index (χ2v) is 20.6. The summed E-state index contributed by atoms with van der Waals surface area (Å²) in [6.45, 7) is 0. The number of hydrogen-bond acceptors (Lipinski definition) is 1. The first-order chi connectivity index (χ1) is 28.8. The molecule has 13 rings (SSSR count). The molecular weight excluding hydrogens is 733 g/mol. The normalized spacial score (nSPS) is 15.2. The van der Waals surface area contributed by atoms with Gasteiger partial charge < -0.3 is 0 Å². The maximum Gasteiger partial charge on any atom is 0.179 e. The van der Waals surface area contributed by atoms with Crippen molar-refractivity contribution in [3.8, 4) is 22.3 Å². The van der Waals surface area contributed by atoms with E-state index in [-0.39, 0.29) is 11.8 Å². The van der Waals surface area contributed by atoms with Crippen molar-refractivity contribution in [1.29, 1.82) is 0 Å². The van der Waals surface area contributed by atoms with Crippen LogP contribution in [-0.4, -0.2) is 8.07 Å². The quantitative estimate of drug-likeness (QED) is 0.117. The Balaban J connectivity index is 1.19. The molecule has 0 saturated heterocycles. The predicted molar refractivity (Wildman–Crippen MR) is 249 cm³/mol. The van der Waals surface area contributed by atoms with E-state index in [1.165, 1.54) is 96.6 Å². The molecule has 2 atom stereocenters. The first-order valence-corrected chi connectivity index (χ1v) is 23.1. The van der Waals surface area contributed by atoms with Gasteiger partial charge in [0.1, 0.15) is 0 Å². The molecule has 0 N–H and O–H groups in total. The van der Waals surface area contributed by atoms with E-state index < -0.39 is 8.07 Å².